The topological polar surface area (TPSA) is 95.1 Å². The number of hydrogen-bond donors (Lipinski definition) is 3. The van der Waals surface area contributed by atoms with Gasteiger partial charge in [0.25, 0.3) is 11.5 Å². The highest BCUT2D eigenvalue weighted by Gasteiger charge is 2.27. The summed E-state index contributed by atoms with van der Waals surface area (Å²) in [7, 11) is 0. The highest BCUT2D eigenvalue weighted by atomic mass is 16.3. The highest BCUT2D eigenvalue weighted by molar-refractivity contribution is 5.92. The number of nitrogens with zero attached hydrogens (tertiary/aromatic N) is 1. The van der Waals surface area contributed by atoms with Gasteiger partial charge in [0.15, 0.2) is 0 Å². The van der Waals surface area contributed by atoms with E-state index in [0.29, 0.717) is 6.42 Å². The van der Waals surface area contributed by atoms with Crippen LogP contribution in [0.4, 0.5) is 0 Å². The molecule has 0 bridgehead atoms. The Hall–Kier alpha value is -1.69. The molecule has 0 aliphatic heterocycles. The third-order valence-corrected chi connectivity index (χ3v) is 2.71. The van der Waals surface area contributed by atoms with Crippen LogP contribution in [0.3, 0.4) is 0 Å². The van der Waals surface area contributed by atoms with Crippen molar-refractivity contribution >= 4 is 5.91 Å². The van der Waals surface area contributed by atoms with Gasteiger partial charge in [-0.3, -0.25) is 9.59 Å². The molecule has 1 heterocycles. The standard InChI is InChI=1S/C10H13N3O3/c14-8-3-1-2-6(8)11-10(16)7-4-5-9(15)13-12-7/h4-6,8,14H,1-3H2,(H,11,16)(H,13,15). The summed E-state index contributed by atoms with van der Waals surface area (Å²) >= 11 is 0. The van der Waals surface area contributed by atoms with Crippen LogP contribution >= 0.6 is 0 Å². The van der Waals surface area contributed by atoms with Gasteiger partial charge in [-0.25, -0.2) is 5.10 Å². The Morgan fingerprint density at radius 1 is 1.50 bits per heavy atom. The number of aromatic amines is 1. The van der Waals surface area contributed by atoms with Gasteiger partial charge in [-0.15, -0.1) is 0 Å². The van der Waals surface area contributed by atoms with E-state index in [-0.39, 0.29) is 23.2 Å². The van der Waals surface area contributed by atoms with Crippen LogP contribution in [0.5, 0.6) is 0 Å². The van der Waals surface area contributed by atoms with Gasteiger partial charge in [0, 0.05) is 6.07 Å². The van der Waals surface area contributed by atoms with Gasteiger partial charge in [-0.2, -0.15) is 5.10 Å². The van der Waals surface area contributed by atoms with E-state index in [0.717, 1.165) is 12.8 Å². The molecule has 2 rings (SSSR count). The van der Waals surface area contributed by atoms with Crippen molar-refractivity contribution in [3.8, 4) is 0 Å². The van der Waals surface area contributed by atoms with Gasteiger partial charge >= 0.3 is 0 Å². The van der Waals surface area contributed by atoms with Crippen LogP contribution in [0.1, 0.15) is 29.8 Å². The molecule has 6 nitrogen and oxygen atoms in total. The second-order valence-corrected chi connectivity index (χ2v) is 3.88. The maximum Gasteiger partial charge on any atom is 0.272 e. The fraction of sp³-hybridized carbons (Fsp3) is 0.500. The third kappa shape index (κ3) is 2.27. The maximum atomic E-state index is 11.7. The Kier molecular flexibility index (Phi) is 3.00. The second kappa shape index (κ2) is 4.44. The third-order valence-electron chi connectivity index (χ3n) is 2.71. The van der Waals surface area contributed by atoms with Gasteiger partial charge in [-0.05, 0) is 25.3 Å². The first kappa shape index (κ1) is 10.8. The molecular formula is C10H13N3O3. The molecule has 3 N–H and O–H groups in total. The van der Waals surface area contributed by atoms with Gasteiger partial charge in [0.2, 0.25) is 0 Å². The molecule has 0 radical (unpaired) electrons. The number of nitrogens with one attached hydrogen (secondary N) is 2. The zero-order valence-electron chi connectivity index (χ0n) is 8.64. The molecular weight excluding hydrogens is 210 g/mol. The number of H-pyrrole nitrogens is 1. The number of carbonyl (C=O) groups is 1. The summed E-state index contributed by atoms with van der Waals surface area (Å²) in [5, 5.41) is 18.0. The minimum absolute atomic E-state index is 0.152. The van der Waals surface area contributed by atoms with Crippen LogP contribution in [-0.2, 0) is 0 Å². The van der Waals surface area contributed by atoms with Gasteiger partial charge in [0.1, 0.15) is 5.69 Å². The molecule has 1 saturated carbocycles. The maximum absolute atomic E-state index is 11.7. The fourth-order valence-corrected chi connectivity index (χ4v) is 1.82. The van der Waals surface area contributed by atoms with Crippen molar-refractivity contribution in [1.29, 1.82) is 0 Å². The normalized spacial score (nSPS) is 24.3. The van der Waals surface area contributed by atoms with Crippen molar-refractivity contribution in [1.82, 2.24) is 15.5 Å². The molecule has 0 spiro atoms. The van der Waals surface area contributed by atoms with Crippen LogP contribution < -0.4 is 10.9 Å². The first-order valence-corrected chi connectivity index (χ1v) is 5.21. The summed E-state index contributed by atoms with van der Waals surface area (Å²) in [6.07, 6.45) is 1.91. The van der Waals surface area contributed by atoms with Gasteiger partial charge < -0.3 is 10.4 Å². The molecule has 1 aliphatic rings. The largest absolute Gasteiger partial charge is 0.391 e. The number of aromatic nitrogens is 2. The molecule has 1 aliphatic carbocycles. The predicted octanol–water partition coefficient (Wildman–Crippen LogP) is -0.587. The predicted molar refractivity (Wildman–Crippen MR) is 56.0 cm³/mol. The quantitative estimate of drug-likeness (QED) is 0.624. The second-order valence-electron chi connectivity index (χ2n) is 3.88. The fourth-order valence-electron chi connectivity index (χ4n) is 1.82. The molecule has 1 aromatic heterocycles. The van der Waals surface area contributed by atoms with E-state index in [4.69, 9.17) is 0 Å². The lowest BCUT2D eigenvalue weighted by atomic mass is 10.2. The Labute approximate surface area is 91.7 Å². The zero-order valence-corrected chi connectivity index (χ0v) is 8.64. The lowest BCUT2D eigenvalue weighted by molar-refractivity contribution is 0.0867. The molecule has 2 atom stereocenters. The Bertz CT molecular complexity index is 423. The summed E-state index contributed by atoms with van der Waals surface area (Å²) in [6, 6.07) is 2.39. The molecule has 1 fully saturated rings. The Balaban J connectivity index is 2.02. The van der Waals surface area contributed by atoms with Crippen molar-refractivity contribution in [2.24, 2.45) is 0 Å². The zero-order chi connectivity index (χ0) is 11.5. The summed E-state index contributed by atoms with van der Waals surface area (Å²) in [6.45, 7) is 0. The number of aliphatic hydroxyl groups is 1. The average molecular weight is 223 g/mol. The molecule has 86 valence electrons. The minimum atomic E-state index is -0.480. The van der Waals surface area contributed by atoms with E-state index in [2.05, 4.69) is 15.5 Å². The number of aliphatic hydroxyl groups excluding tert-OH is 1. The Morgan fingerprint density at radius 3 is 2.88 bits per heavy atom. The van der Waals surface area contributed by atoms with E-state index in [1.807, 2.05) is 0 Å². The van der Waals surface area contributed by atoms with E-state index < -0.39 is 6.10 Å². The average Bonchev–Trinajstić information content (AvgIpc) is 2.65. The number of carbonyl (C=O) groups excluding carboxylic acids is 1. The number of hydrogen-bond acceptors (Lipinski definition) is 4. The van der Waals surface area contributed by atoms with E-state index in [1.165, 1.54) is 12.1 Å². The summed E-state index contributed by atoms with van der Waals surface area (Å²) in [4.78, 5) is 22.4. The smallest absolute Gasteiger partial charge is 0.272 e. The van der Waals surface area contributed by atoms with Crippen LogP contribution in [0.25, 0.3) is 0 Å². The summed E-state index contributed by atoms with van der Waals surface area (Å²) in [5.74, 6) is -0.373. The lowest BCUT2D eigenvalue weighted by Crippen LogP contribution is -2.40. The summed E-state index contributed by atoms with van der Waals surface area (Å²) in [5.41, 5.74) is -0.198. The molecule has 1 amide bonds. The van der Waals surface area contributed by atoms with E-state index in [9.17, 15) is 14.7 Å². The van der Waals surface area contributed by atoms with Crippen molar-refractivity contribution in [2.75, 3.05) is 0 Å². The molecule has 2 unspecified atom stereocenters. The molecule has 16 heavy (non-hydrogen) atoms. The molecule has 0 aromatic carbocycles. The van der Waals surface area contributed by atoms with Crippen molar-refractivity contribution in [3.05, 3.63) is 28.2 Å². The number of rotatable bonds is 2. The van der Waals surface area contributed by atoms with E-state index >= 15 is 0 Å². The van der Waals surface area contributed by atoms with Crippen LogP contribution in [-0.4, -0.2) is 33.4 Å². The number of amides is 1. The molecule has 0 saturated heterocycles. The minimum Gasteiger partial charge on any atom is -0.391 e. The van der Waals surface area contributed by atoms with Gasteiger partial charge in [0.05, 0.1) is 12.1 Å². The SMILES string of the molecule is O=C(NC1CCCC1O)c1ccc(=O)[nH]n1. The van der Waals surface area contributed by atoms with E-state index in [1.54, 1.807) is 0 Å². The first-order valence-electron chi connectivity index (χ1n) is 5.21. The van der Waals surface area contributed by atoms with Crippen molar-refractivity contribution in [3.63, 3.8) is 0 Å². The first-order chi connectivity index (χ1) is 7.66. The molecule has 6 heteroatoms. The highest BCUT2D eigenvalue weighted by Crippen LogP contribution is 2.18. The van der Waals surface area contributed by atoms with Crippen molar-refractivity contribution in [2.45, 2.75) is 31.4 Å². The van der Waals surface area contributed by atoms with Gasteiger partial charge in [-0.1, -0.05) is 0 Å². The monoisotopic (exact) mass is 223 g/mol. The Morgan fingerprint density at radius 2 is 2.31 bits per heavy atom. The molecule has 1 aromatic rings. The van der Waals surface area contributed by atoms with Crippen LogP contribution in [0, 0.1) is 0 Å². The van der Waals surface area contributed by atoms with Crippen LogP contribution in [0.2, 0.25) is 0 Å². The summed E-state index contributed by atoms with van der Waals surface area (Å²) < 4.78 is 0. The van der Waals surface area contributed by atoms with Crippen LogP contribution in [0.15, 0.2) is 16.9 Å². The lowest BCUT2D eigenvalue weighted by Gasteiger charge is -2.15. The van der Waals surface area contributed by atoms with Crippen molar-refractivity contribution < 1.29 is 9.90 Å².